The van der Waals surface area contributed by atoms with Crippen molar-refractivity contribution in [2.75, 3.05) is 26.3 Å². The second kappa shape index (κ2) is 7.16. The maximum absolute atomic E-state index is 5.92. The van der Waals surface area contributed by atoms with Gasteiger partial charge >= 0.3 is 0 Å². The number of rotatable bonds is 4. The zero-order valence-electron chi connectivity index (χ0n) is 14.2. The molecule has 0 aliphatic carbocycles. The molecule has 25 heavy (non-hydrogen) atoms. The van der Waals surface area contributed by atoms with Crippen molar-refractivity contribution in [2.45, 2.75) is 12.6 Å². The van der Waals surface area contributed by atoms with Crippen LogP contribution < -0.4 is 4.74 Å². The third-order valence-corrected chi connectivity index (χ3v) is 4.39. The molecule has 1 aliphatic rings. The van der Waals surface area contributed by atoms with Gasteiger partial charge in [0.05, 0.1) is 37.0 Å². The Balaban J connectivity index is 1.48. The highest BCUT2D eigenvalue weighted by Crippen LogP contribution is 2.17. The Labute approximate surface area is 146 Å². The van der Waals surface area contributed by atoms with Crippen LogP contribution in [0.1, 0.15) is 5.82 Å². The van der Waals surface area contributed by atoms with Crippen molar-refractivity contribution in [1.82, 2.24) is 24.4 Å². The molecule has 7 heteroatoms. The van der Waals surface area contributed by atoms with Gasteiger partial charge in [-0.2, -0.15) is 0 Å². The lowest BCUT2D eigenvalue weighted by molar-refractivity contribution is 0.0680. The van der Waals surface area contributed by atoms with E-state index in [1.54, 1.807) is 18.6 Å². The number of nitrogens with zero attached hydrogens (tertiary/aromatic N) is 5. The molecule has 3 heterocycles. The molecule has 7 nitrogen and oxygen atoms in total. The van der Waals surface area contributed by atoms with Crippen LogP contribution in [0.25, 0.3) is 11.0 Å². The minimum Gasteiger partial charge on any atom is -0.469 e. The highest BCUT2D eigenvalue weighted by atomic mass is 16.5. The molecule has 1 aromatic carbocycles. The van der Waals surface area contributed by atoms with E-state index in [1.165, 1.54) is 0 Å². The molecule has 3 aromatic rings. The van der Waals surface area contributed by atoms with Gasteiger partial charge < -0.3 is 14.0 Å². The predicted octanol–water partition coefficient (Wildman–Crippen LogP) is 1.64. The van der Waals surface area contributed by atoms with Crippen LogP contribution in [0.15, 0.2) is 42.9 Å². The predicted molar refractivity (Wildman–Crippen MR) is 93.3 cm³/mol. The summed E-state index contributed by atoms with van der Waals surface area (Å²) in [5, 5.41) is 0. The Morgan fingerprint density at radius 1 is 1.28 bits per heavy atom. The third-order valence-electron chi connectivity index (χ3n) is 4.39. The number of para-hydroxylation sites is 2. The Kier molecular flexibility index (Phi) is 4.58. The molecular weight excluding hydrogens is 318 g/mol. The molecule has 0 bridgehead atoms. The van der Waals surface area contributed by atoms with Crippen LogP contribution >= 0.6 is 0 Å². The van der Waals surface area contributed by atoms with Crippen molar-refractivity contribution in [3.05, 3.63) is 48.7 Å². The number of imidazole rings is 1. The maximum Gasteiger partial charge on any atom is 0.232 e. The highest BCUT2D eigenvalue weighted by molar-refractivity contribution is 5.75. The number of hydrogen-bond acceptors (Lipinski definition) is 6. The van der Waals surface area contributed by atoms with Crippen LogP contribution in [0, 0.1) is 0 Å². The first-order chi connectivity index (χ1) is 12.3. The van der Waals surface area contributed by atoms with E-state index in [1.807, 2.05) is 18.2 Å². The molecule has 1 fully saturated rings. The van der Waals surface area contributed by atoms with Gasteiger partial charge in [-0.25, -0.2) is 9.97 Å². The van der Waals surface area contributed by atoms with Crippen molar-refractivity contribution >= 4 is 11.0 Å². The Morgan fingerprint density at radius 3 is 3.04 bits per heavy atom. The molecule has 0 radical (unpaired) electrons. The number of benzene rings is 1. The molecule has 1 saturated heterocycles. The zero-order valence-corrected chi connectivity index (χ0v) is 14.2. The Bertz CT molecular complexity index is 836. The topological polar surface area (TPSA) is 65.3 Å². The van der Waals surface area contributed by atoms with Gasteiger partial charge in [-0.3, -0.25) is 9.88 Å². The second-order valence-corrected chi connectivity index (χ2v) is 6.17. The van der Waals surface area contributed by atoms with Crippen LogP contribution in [-0.4, -0.2) is 56.8 Å². The molecule has 1 aliphatic heterocycles. The largest absolute Gasteiger partial charge is 0.469 e. The van der Waals surface area contributed by atoms with E-state index < -0.39 is 0 Å². The number of ether oxygens (including phenoxy) is 2. The molecule has 4 rings (SSSR count). The third kappa shape index (κ3) is 3.62. The summed E-state index contributed by atoms with van der Waals surface area (Å²) >= 11 is 0. The van der Waals surface area contributed by atoms with Crippen molar-refractivity contribution in [3.8, 4) is 5.88 Å². The van der Waals surface area contributed by atoms with Gasteiger partial charge in [0.1, 0.15) is 11.9 Å². The van der Waals surface area contributed by atoms with Crippen molar-refractivity contribution in [1.29, 1.82) is 0 Å². The lowest BCUT2D eigenvalue weighted by Crippen LogP contribution is -2.36. The summed E-state index contributed by atoms with van der Waals surface area (Å²) in [6.45, 7) is 3.61. The summed E-state index contributed by atoms with van der Waals surface area (Å²) in [6.07, 6.45) is 4.81. The van der Waals surface area contributed by atoms with Gasteiger partial charge in [-0.15, -0.1) is 0 Å². The van der Waals surface area contributed by atoms with Gasteiger partial charge in [0.2, 0.25) is 5.88 Å². The summed E-state index contributed by atoms with van der Waals surface area (Å²) in [5.74, 6) is 1.57. The van der Waals surface area contributed by atoms with Gasteiger partial charge in [0.25, 0.3) is 0 Å². The van der Waals surface area contributed by atoms with E-state index >= 15 is 0 Å². The summed E-state index contributed by atoms with van der Waals surface area (Å²) < 4.78 is 13.8. The number of fused-ring (bicyclic) bond motifs is 1. The van der Waals surface area contributed by atoms with Crippen LogP contribution in [0.4, 0.5) is 0 Å². The molecule has 0 N–H and O–H groups in total. The normalized spacial score (nSPS) is 19.0. The van der Waals surface area contributed by atoms with E-state index in [4.69, 9.17) is 14.5 Å². The summed E-state index contributed by atoms with van der Waals surface area (Å²) in [7, 11) is 2.06. The lowest BCUT2D eigenvalue weighted by atomic mass is 10.3. The standard InChI is InChI=1S/C18H21N5O2/c1-22-16-5-3-2-4-15(16)21-17(22)12-23-8-9-24-13-14(11-23)25-18-10-19-6-7-20-18/h2-7,10,14H,8-9,11-13H2,1H3/t14-/m1/s1. The van der Waals surface area contributed by atoms with E-state index in [2.05, 4.69) is 32.5 Å². The van der Waals surface area contributed by atoms with Crippen LogP contribution in [0.5, 0.6) is 5.88 Å². The average Bonchev–Trinajstić information content (AvgIpc) is 2.80. The zero-order chi connectivity index (χ0) is 17.1. The van der Waals surface area contributed by atoms with Crippen molar-refractivity contribution in [2.24, 2.45) is 7.05 Å². The Morgan fingerprint density at radius 2 is 2.20 bits per heavy atom. The molecule has 0 saturated carbocycles. The minimum absolute atomic E-state index is 0.0751. The molecule has 130 valence electrons. The summed E-state index contributed by atoms with van der Waals surface area (Å²) in [4.78, 5) is 15.3. The number of aryl methyl sites for hydroxylation is 1. The summed E-state index contributed by atoms with van der Waals surface area (Å²) in [5.41, 5.74) is 2.18. The fraction of sp³-hybridized carbons (Fsp3) is 0.389. The number of aromatic nitrogens is 4. The fourth-order valence-electron chi connectivity index (χ4n) is 3.11. The average molecular weight is 339 g/mol. The quantitative estimate of drug-likeness (QED) is 0.720. The van der Waals surface area contributed by atoms with E-state index in [0.717, 1.165) is 36.5 Å². The lowest BCUT2D eigenvalue weighted by Gasteiger charge is -2.23. The van der Waals surface area contributed by atoms with Crippen LogP contribution in [0.2, 0.25) is 0 Å². The monoisotopic (exact) mass is 339 g/mol. The molecule has 0 amide bonds. The van der Waals surface area contributed by atoms with Crippen LogP contribution in [0.3, 0.4) is 0 Å². The second-order valence-electron chi connectivity index (χ2n) is 6.17. The van der Waals surface area contributed by atoms with Gasteiger partial charge in [0.15, 0.2) is 0 Å². The van der Waals surface area contributed by atoms with Crippen molar-refractivity contribution < 1.29 is 9.47 Å². The minimum atomic E-state index is -0.0751. The highest BCUT2D eigenvalue weighted by Gasteiger charge is 2.22. The molecule has 0 spiro atoms. The van der Waals surface area contributed by atoms with E-state index in [-0.39, 0.29) is 6.10 Å². The van der Waals surface area contributed by atoms with Crippen molar-refractivity contribution in [3.63, 3.8) is 0 Å². The van der Waals surface area contributed by atoms with Gasteiger partial charge in [-0.1, -0.05) is 12.1 Å². The van der Waals surface area contributed by atoms with Gasteiger partial charge in [0, 0.05) is 32.5 Å². The van der Waals surface area contributed by atoms with E-state index in [9.17, 15) is 0 Å². The first kappa shape index (κ1) is 16.0. The number of hydrogen-bond donors (Lipinski definition) is 0. The molecule has 1 atom stereocenters. The molecular formula is C18H21N5O2. The first-order valence-electron chi connectivity index (χ1n) is 8.43. The first-order valence-corrected chi connectivity index (χ1v) is 8.43. The molecule has 0 unspecified atom stereocenters. The summed E-state index contributed by atoms with van der Waals surface area (Å²) in [6, 6.07) is 8.20. The molecule has 2 aromatic heterocycles. The smallest absolute Gasteiger partial charge is 0.232 e. The maximum atomic E-state index is 5.92. The fourth-order valence-corrected chi connectivity index (χ4v) is 3.11. The Hall–Kier alpha value is -2.51. The SMILES string of the molecule is Cn1c(CN2CCOC[C@H](Oc3cnccn3)C2)nc2ccccc21. The van der Waals surface area contributed by atoms with Gasteiger partial charge in [-0.05, 0) is 12.1 Å². The van der Waals surface area contributed by atoms with E-state index in [0.29, 0.717) is 19.1 Å². The van der Waals surface area contributed by atoms with Crippen LogP contribution in [-0.2, 0) is 18.3 Å².